The van der Waals surface area contributed by atoms with Crippen molar-refractivity contribution >= 4 is 65.0 Å². The highest BCUT2D eigenvalue weighted by molar-refractivity contribution is 7.27. The first kappa shape index (κ1) is 11.6. The fourth-order valence-electron chi connectivity index (χ4n) is 3.05. The molecule has 21 heavy (non-hydrogen) atoms. The second kappa shape index (κ2) is 4.00. The van der Waals surface area contributed by atoms with Crippen molar-refractivity contribution < 1.29 is 4.42 Å². The minimum Gasteiger partial charge on any atom is -0.456 e. The zero-order chi connectivity index (χ0) is 14.0. The average molecular weight is 309 g/mol. The van der Waals surface area contributed by atoms with E-state index in [1.165, 1.54) is 20.2 Å². The number of fused-ring (bicyclic) bond motifs is 7. The molecular weight excluding hydrogens is 300 g/mol. The van der Waals surface area contributed by atoms with Gasteiger partial charge < -0.3 is 4.42 Å². The van der Waals surface area contributed by atoms with Crippen LogP contribution in [0, 0.1) is 0 Å². The Labute approximate surface area is 129 Å². The van der Waals surface area contributed by atoms with Crippen molar-refractivity contribution in [1.29, 1.82) is 0 Å². The summed E-state index contributed by atoms with van der Waals surface area (Å²) in [6, 6.07) is 18.5. The van der Waals surface area contributed by atoms with Gasteiger partial charge in [0.25, 0.3) is 0 Å². The molecule has 0 spiro atoms. The van der Waals surface area contributed by atoms with Crippen LogP contribution < -0.4 is 0 Å². The lowest BCUT2D eigenvalue weighted by molar-refractivity contribution is 0.669. The molecule has 5 aromatic rings. The molecule has 0 fully saturated rings. The largest absolute Gasteiger partial charge is 0.456 e. The highest BCUT2D eigenvalue weighted by atomic mass is 35.5. The fraction of sp³-hybridized carbons (Fsp3) is 0. The second-order valence-corrected chi connectivity index (χ2v) is 6.59. The number of furan rings is 1. The molecular formula is C18H9ClOS. The van der Waals surface area contributed by atoms with Gasteiger partial charge in [0.2, 0.25) is 0 Å². The van der Waals surface area contributed by atoms with E-state index < -0.39 is 0 Å². The Bertz CT molecular complexity index is 1150. The fourth-order valence-corrected chi connectivity index (χ4v) is 4.68. The lowest BCUT2D eigenvalue weighted by atomic mass is 10.1. The van der Waals surface area contributed by atoms with E-state index in [2.05, 4.69) is 30.3 Å². The van der Waals surface area contributed by atoms with Crippen LogP contribution in [0.3, 0.4) is 0 Å². The Morgan fingerprint density at radius 1 is 0.810 bits per heavy atom. The minimum absolute atomic E-state index is 0.758. The van der Waals surface area contributed by atoms with Crippen LogP contribution in [0.25, 0.3) is 42.1 Å². The van der Waals surface area contributed by atoms with Gasteiger partial charge in [0.1, 0.15) is 11.2 Å². The standard InChI is InChI=1S/C18H9ClOS/c19-12-9-14-17(10-5-1-3-7-13(10)20-14)18-16(12)11-6-2-4-8-15(11)21-18/h1-9H. The Morgan fingerprint density at radius 3 is 2.48 bits per heavy atom. The maximum absolute atomic E-state index is 6.53. The van der Waals surface area contributed by atoms with Crippen LogP contribution in [-0.2, 0) is 0 Å². The van der Waals surface area contributed by atoms with Crippen LogP contribution >= 0.6 is 22.9 Å². The van der Waals surface area contributed by atoms with Crippen LogP contribution in [0.2, 0.25) is 5.02 Å². The summed E-state index contributed by atoms with van der Waals surface area (Å²) in [6.07, 6.45) is 0. The van der Waals surface area contributed by atoms with Crippen LogP contribution in [0.4, 0.5) is 0 Å². The molecule has 0 saturated carbocycles. The highest BCUT2D eigenvalue weighted by Crippen LogP contribution is 2.45. The predicted molar refractivity (Wildman–Crippen MR) is 91.6 cm³/mol. The van der Waals surface area contributed by atoms with Gasteiger partial charge in [-0.25, -0.2) is 0 Å². The third kappa shape index (κ3) is 1.46. The summed E-state index contributed by atoms with van der Waals surface area (Å²) >= 11 is 8.31. The summed E-state index contributed by atoms with van der Waals surface area (Å²) < 4.78 is 8.43. The molecule has 0 N–H and O–H groups in total. The quantitative estimate of drug-likeness (QED) is 0.314. The number of halogens is 1. The summed E-state index contributed by atoms with van der Waals surface area (Å²) in [5.74, 6) is 0. The topological polar surface area (TPSA) is 13.1 Å². The number of benzene rings is 3. The molecule has 0 saturated heterocycles. The third-order valence-electron chi connectivity index (χ3n) is 3.94. The van der Waals surface area contributed by atoms with Gasteiger partial charge in [0.15, 0.2) is 0 Å². The summed E-state index contributed by atoms with van der Waals surface area (Å²) in [4.78, 5) is 0. The van der Waals surface area contributed by atoms with E-state index in [4.69, 9.17) is 16.0 Å². The molecule has 0 unspecified atom stereocenters. The molecule has 0 bridgehead atoms. The predicted octanol–water partition coefficient (Wildman–Crippen LogP) is 6.61. The van der Waals surface area contributed by atoms with Crippen LogP contribution in [0.15, 0.2) is 59.0 Å². The van der Waals surface area contributed by atoms with Crippen molar-refractivity contribution in [1.82, 2.24) is 0 Å². The first-order valence-electron chi connectivity index (χ1n) is 6.74. The smallest absolute Gasteiger partial charge is 0.138 e. The molecule has 1 nitrogen and oxygen atoms in total. The molecule has 0 aliphatic carbocycles. The molecule has 0 atom stereocenters. The number of thiophene rings is 1. The van der Waals surface area contributed by atoms with Crippen molar-refractivity contribution in [2.75, 3.05) is 0 Å². The minimum atomic E-state index is 0.758. The van der Waals surface area contributed by atoms with Crippen LogP contribution in [0.1, 0.15) is 0 Å². The van der Waals surface area contributed by atoms with Crippen LogP contribution in [-0.4, -0.2) is 0 Å². The van der Waals surface area contributed by atoms with Crippen molar-refractivity contribution in [2.24, 2.45) is 0 Å². The van der Waals surface area contributed by atoms with Crippen molar-refractivity contribution in [2.45, 2.75) is 0 Å². The Kier molecular flexibility index (Phi) is 2.21. The number of hydrogen-bond acceptors (Lipinski definition) is 2. The van der Waals surface area contributed by atoms with E-state index in [0.29, 0.717) is 0 Å². The molecule has 3 heteroatoms. The molecule has 100 valence electrons. The van der Waals surface area contributed by atoms with Gasteiger partial charge in [-0.2, -0.15) is 0 Å². The van der Waals surface area contributed by atoms with E-state index in [0.717, 1.165) is 27.0 Å². The SMILES string of the molecule is Clc1cc2oc3ccccc3c2c2sc3ccccc3c12. The van der Waals surface area contributed by atoms with E-state index in [1.807, 2.05) is 24.3 Å². The van der Waals surface area contributed by atoms with Gasteiger partial charge in [-0.15, -0.1) is 11.3 Å². The Morgan fingerprint density at radius 2 is 1.57 bits per heavy atom. The summed E-state index contributed by atoms with van der Waals surface area (Å²) in [5, 5.41) is 5.44. The van der Waals surface area contributed by atoms with Gasteiger partial charge in [-0.3, -0.25) is 0 Å². The van der Waals surface area contributed by atoms with Gasteiger partial charge in [0.05, 0.1) is 5.02 Å². The molecule has 0 aliphatic rings. The zero-order valence-electron chi connectivity index (χ0n) is 10.9. The van der Waals surface area contributed by atoms with Gasteiger partial charge in [-0.05, 0) is 12.1 Å². The number of rotatable bonds is 0. The number of para-hydroxylation sites is 1. The monoisotopic (exact) mass is 308 g/mol. The van der Waals surface area contributed by atoms with E-state index >= 15 is 0 Å². The second-order valence-electron chi connectivity index (χ2n) is 5.13. The Hall–Kier alpha value is -2.03. The van der Waals surface area contributed by atoms with Crippen molar-refractivity contribution in [3.8, 4) is 0 Å². The number of hydrogen-bond donors (Lipinski definition) is 0. The molecule has 0 amide bonds. The van der Waals surface area contributed by atoms with E-state index in [9.17, 15) is 0 Å². The van der Waals surface area contributed by atoms with E-state index in [1.54, 1.807) is 11.3 Å². The molecule has 2 heterocycles. The maximum Gasteiger partial charge on any atom is 0.138 e. The van der Waals surface area contributed by atoms with E-state index in [-0.39, 0.29) is 0 Å². The molecule has 2 aromatic heterocycles. The molecule has 3 aromatic carbocycles. The Balaban J connectivity index is 2.17. The average Bonchev–Trinajstić information content (AvgIpc) is 3.04. The lowest BCUT2D eigenvalue weighted by Gasteiger charge is -1.97. The van der Waals surface area contributed by atoms with Crippen molar-refractivity contribution in [3.05, 3.63) is 59.6 Å². The highest BCUT2D eigenvalue weighted by Gasteiger charge is 2.16. The summed E-state index contributed by atoms with van der Waals surface area (Å²) in [6.45, 7) is 0. The lowest BCUT2D eigenvalue weighted by Crippen LogP contribution is -1.71. The van der Waals surface area contributed by atoms with Gasteiger partial charge >= 0.3 is 0 Å². The first-order valence-corrected chi connectivity index (χ1v) is 7.93. The normalized spacial score (nSPS) is 12.0. The van der Waals surface area contributed by atoms with Crippen LogP contribution in [0.5, 0.6) is 0 Å². The summed E-state index contributed by atoms with van der Waals surface area (Å²) in [7, 11) is 0. The molecule has 5 rings (SSSR count). The molecule has 0 aliphatic heterocycles. The van der Waals surface area contributed by atoms with Crippen molar-refractivity contribution in [3.63, 3.8) is 0 Å². The zero-order valence-corrected chi connectivity index (χ0v) is 12.5. The maximum atomic E-state index is 6.53. The van der Waals surface area contributed by atoms with Gasteiger partial charge in [-0.1, -0.05) is 48.0 Å². The van der Waals surface area contributed by atoms with Gasteiger partial charge in [0, 0.05) is 37.0 Å². The first-order chi connectivity index (χ1) is 10.3. The third-order valence-corrected chi connectivity index (χ3v) is 5.43. The molecule has 0 radical (unpaired) electrons. The summed E-state index contributed by atoms with van der Waals surface area (Å²) in [5.41, 5.74) is 1.77.